The van der Waals surface area contributed by atoms with Crippen molar-refractivity contribution < 1.29 is 19.1 Å². The van der Waals surface area contributed by atoms with Crippen molar-refractivity contribution in [1.82, 2.24) is 20.0 Å². The maximum Gasteiger partial charge on any atom is 0.289 e. The molecule has 5 heterocycles. The summed E-state index contributed by atoms with van der Waals surface area (Å²) >= 11 is 1.58. The molecule has 0 spiro atoms. The zero-order valence-electron chi connectivity index (χ0n) is 15.6. The van der Waals surface area contributed by atoms with E-state index in [4.69, 9.17) is 4.42 Å². The van der Waals surface area contributed by atoms with E-state index in [0.717, 1.165) is 11.3 Å². The first-order valence-corrected chi connectivity index (χ1v) is 10.3. The highest BCUT2D eigenvalue weighted by Gasteiger charge is 2.54. The lowest BCUT2D eigenvalue weighted by Gasteiger charge is -2.26. The van der Waals surface area contributed by atoms with Crippen LogP contribution in [0.1, 0.15) is 21.0 Å². The Hall–Kier alpha value is -2.91. The van der Waals surface area contributed by atoms with Crippen LogP contribution in [0, 0.1) is 11.3 Å². The number of furan rings is 1. The van der Waals surface area contributed by atoms with Crippen LogP contribution in [0.25, 0.3) is 11.3 Å². The summed E-state index contributed by atoms with van der Waals surface area (Å²) < 4.78 is 5.22. The number of aromatic amines is 1. The molecule has 2 aliphatic rings. The van der Waals surface area contributed by atoms with Crippen molar-refractivity contribution in [2.24, 2.45) is 11.3 Å². The van der Waals surface area contributed by atoms with Gasteiger partial charge in [-0.1, -0.05) is 0 Å². The molecule has 0 aliphatic carbocycles. The number of aromatic nitrogens is 2. The van der Waals surface area contributed by atoms with E-state index in [1.165, 1.54) is 6.26 Å². The number of carbonyl (C=O) groups is 2. The first kappa shape index (κ1) is 18.1. The van der Waals surface area contributed by atoms with Gasteiger partial charge in [0.25, 0.3) is 11.8 Å². The van der Waals surface area contributed by atoms with Gasteiger partial charge in [0.15, 0.2) is 5.76 Å². The maximum atomic E-state index is 13.0. The lowest BCUT2D eigenvalue weighted by molar-refractivity contribution is 0.0647. The summed E-state index contributed by atoms with van der Waals surface area (Å²) in [6, 6.07) is 7.04. The van der Waals surface area contributed by atoms with E-state index in [1.807, 2.05) is 16.8 Å². The number of rotatable bonds is 4. The molecule has 3 aromatic rings. The summed E-state index contributed by atoms with van der Waals surface area (Å²) in [7, 11) is 0. The second kappa shape index (κ2) is 6.85. The van der Waals surface area contributed by atoms with Gasteiger partial charge in [0.05, 0.1) is 18.6 Å². The van der Waals surface area contributed by atoms with Crippen LogP contribution in [0.2, 0.25) is 0 Å². The number of aliphatic hydroxyl groups is 1. The van der Waals surface area contributed by atoms with Crippen molar-refractivity contribution in [3.05, 3.63) is 52.7 Å². The Morgan fingerprint density at radius 2 is 2.07 bits per heavy atom. The molecule has 9 heteroatoms. The number of hydrogen-bond donors (Lipinski definition) is 2. The summed E-state index contributed by atoms with van der Waals surface area (Å²) in [5.41, 5.74) is 1.64. The lowest BCUT2D eigenvalue weighted by Crippen LogP contribution is -2.40. The molecule has 2 N–H and O–H groups in total. The van der Waals surface area contributed by atoms with Gasteiger partial charge in [-0.2, -0.15) is 16.4 Å². The Morgan fingerprint density at radius 3 is 2.69 bits per heavy atom. The Bertz CT molecular complexity index is 1030. The number of fused-ring (bicyclic) bond motifs is 1. The second-order valence-corrected chi connectivity index (χ2v) is 8.52. The maximum absolute atomic E-state index is 13.0. The predicted molar refractivity (Wildman–Crippen MR) is 105 cm³/mol. The van der Waals surface area contributed by atoms with Gasteiger partial charge in [0.1, 0.15) is 5.69 Å². The van der Waals surface area contributed by atoms with Crippen LogP contribution in [-0.2, 0) is 0 Å². The number of hydrogen-bond acceptors (Lipinski definition) is 6. The van der Waals surface area contributed by atoms with Crippen LogP contribution in [0.3, 0.4) is 0 Å². The number of nitrogens with zero attached hydrogens (tertiary/aromatic N) is 3. The van der Waals surface area contributed by atoms with Crippen LogP contribution >= 0.6 is 11.3 Å². The quantitative estimate of drug-likeness (QED) is 0.682. The van der Waals surface area contributed by atoms with Gasteiger partial charge >= 0.3 is 0 Å². The van der Waals surface area contributed by atoms with Crippen molar-refractivity contribution in [2.45, 2.75) is 0 Å². The molecule has 0 unspecified atom stereocenters. The van der Waals surface area contributed by atoms with E-state index in [2.05, 4.69) is 10.2 Å². The van der Waals surface area contributed by atoms with E-state index in [0.29, 0.717) is 37.6 Å². The number of likely N-dealkylation sites (tertiary alicyclic amines) is 2. The summed E-state index contributed by atoms with van der Waals surface area (Å²) in [5.74, 6) is 0.00762. The summed E-state index contributed by atoms with van der Waals surface area (Å²) in [5, 5.41) is 21.2. The molecule has 2 atom stereocenters. The highest BCUT2D eigenvalue weighted by atomic mass is 32.1. The number of H-pyrrole nitrogens is 1. The molecule has 2 aliphatic heterocycles. The summed E-state index contributed by atoms with van der Waals surface area (Å²) in [6.45, 7) is 1.72. The first-order chi connectivity index (χ1) is 14.1. The number of nitrogens with one attached hydrogen (secondary N) is 1. The van der Waals surface area contributed by atoms with Crippen molar-refractivity contribution in [1.29, 1.82) is 0 Å². The average Bonchev–Trinajstić information content (AvgIpc) is 3.52. The van der Waals surface area contributed by atoms with Gasteiger partial charge in [-0.25, -0.2) is 0 Å². The predicted octanol–water partition coefficient (Wildman–Crippen LogP) is 1.94. The molecule has 2 saturated heterocycles. The van der Waals surface area contributed by atoms with Crippen LogP contribution in [0.15, 0.2) is 45.7 Å². The SMILES string of the molecule is O=C(c1cc(-c2ccsc2)n[nH]1)N1C[C@H]2CN(C(=O)c3ccco3)C[C@@]2(CO)C1. The number of carbonyl (C=O) groups excluding carboxylic acids is 2. The standard InChI is InChI=1S/C20H20N4O4S/c25-12-20-10-23(18(26)16-6-15(21-22-16)13-3-5-29-9-13)7-14(20)8-24(11-20)19(27)17-2-1-4-28-17/h1-6,9,14,25H,7-8,10-12H2,(H,21,22)/t14-,20+/m0/s1. The van der Waals surface area contributed by atoms with E-state index >= 15 is 0 Å². The fourth-order valence-corrected chi connectivity index (χ4v) is 5.08. The monoisotopic (exact) mass is 412 g/mol. The Balaban J connectivity index is 1.31. The highest BCUT2D eigenvalue weighted by Crippen LogP contribution is 2.43. The molecule has 3 aromatic heterocycles. The second-order valence-electron chi connectivity index (χ2n) is 7.74. The number of thiophene rings is 1. The molecule has 2 amide bonds. The van der Waals surface area contributed by atoms with Gasteiger partial charge in [0, 0.05) is 48.5 Å². The first-order valence-electron chi connectivity index (χ1n) is 9.40. The van der Waals surface area contributed by atoms with E-state index in [9.17, 15) is 14.7 Å². The molecule has 0 radical (unpaired) electrons. The summed E-state index contributed by atoms with van der Waals surface area (Å²) in [4.78, 5) is 29.1. The minimum atomic E-state index is -0.506. The topological polar surface area (TPSA) is 103 Å². The van der Waals surface area contributed by atoms with Gasteiger partial charge in [-0.3, -0.25) is 14.7 Å². The molecule has 0 saturated carbocycles. The van der Waals surface area contributed by atoms with Crippen molar-refractivity contribution in [2.75, 3.05) is 32.8 Å². The van der Waals surface area contributed by atoms with Gasteiger partial charge in [0.2, 0.25) is 0 Å². The zero-order chi connectivity index (χ0) is 20.0. The van der Waals surface area contributed by atoms with Gasteiger partial charge in [-0.15, -0.1) is 0 Å². The number of amides is 2. The molecule has 150 valence electrons. The molecule has 0 aromatic carbocycles. The van der Waals surface area contributed by atoms with Crippen LogP contribution in [0.5, 0.6) is 0 Å². The fourth-order valence-electron chi connectivity index (χ4n) is 4.43. The molecule has 5 rings (SSSR count). The Kier molecular flexibility index (Phi) is 4.29. The van der Waals surface area contributed by atoms with Crippen LogP contribution < -0.4 is 0 Å². The molecule has 8 nitrogen and oxygen atoms in total. The van der Waals surface area contributed by atoms with E-state index < -0.39 is 5.41 Å². The van der Waals surface area contributed by atoms with E-state index in [1.54, 1.807) is 39.3 Å². The Labute approximate surface area is 170 Å². The fraction of sp³-hybridized carbons (Fsp3) is 0.350. The Morgan fingerprint density at radius 1 is 1.28 bits per heavy atom. The van der Waals surface area contributed by atoms with Crippen LogP contribution in [0.4, 0.5) is 0 Å². The highest BCUT2D eigenvalue weighted by molar-refractivity contribution is 7.08. The largest absolute Gasteiger partial charge is 0.459 e. The molecule has 0 bridgehead atoms. The normalized spacial score (nSPS) is 23.6. The van der Waals surface area contributed by atoms with Gasteiger partial charge in [-0.05, 0) is 29.6 Å². The smallest absolute Gasteiger partial charge is 0.289 e. The van der Waals surface area contributed by atoms with Crippen molar-refractivity contribution in [3.8, 4) is 11.3 Å². The number of aliphatic hydroxyl groups excluding tert-OH is 1. The van der Waals surface area contributed by atoms with E-state index in [-0.39, 0.29) is 24.3 Å². The molecular formula is C20H20N4O4S. The van der Waals surface area contributed by atoms with Crippen LogP contribution in [-0.4, -0.2) is 69.7 Å². The third kappa shape index (κ3) is 2.97. The molecule has 29 heavy (non-hydrogen) atoms. The lowest BCUT2D eigenvalue weighted by atomic mass is 9.82. The molecule has 2 fully saturated rings. The minimum Gasteiger partial charge on any atom is -0.459 e. The zero-order valence-corrected chi connectivity index (χ0v) is 16.4. The minimum absolute atomic E-state index is 0.0228. The third-order valence-electron chi connectivity index (χ3n) is 6.01. The van der Waals surface area contributed by atoms with Crippen molar-refractivity contribution in [3.63, 3.8) is 0 Å². The third-order valence-corrected chi connectivity index (χ3v) is 6.69. The summed E-state index contributed by atoms with van der Waals surface area (Å²) in [6.07, 6.45) is 1.47. The van der Waals surface area contributed by atoms with Crippen molar-refractivity contribution >= 4 is 23.2 Å². The molecular weight excluding hydrogens is 392 g/mol. The van der Waals surface area contributed by atoms with Gasteiger partial charge < -0.3 is 19.3 Å². The average molecular weight is 412 g/mol.